The zero-order valence-corrected chi connectivity index (χ0v) is 19.8. The second-order valence-electron chi connectivity index (χ2n) is 10.3. The van der Waals surface area contributed by atoms with Crippen LogP contribution in [-0.2, 0) is 23.4 Å². The highest BCUT2D eigenvalue weighted by molar-refractivity contribution is 6.74. The van der Waals surface area contributed by atoms with Crippen LogP contribution in [0.2, 0.25) is 18.1 Å². The van der Waals surface area contributed by atoms with E-state index in [1.807, 2.05) is 13.8 Å². The molecule has 8 nitrogen and oxygen atoms in total. The molecule has 0 aromatic carbocycles. The van der Waals surface area contributed by atoms with Gasteiger partial charge in [0.2, 0.25) is 0 Å². The molecular weight excluding hydrogens is 380 g/mol. The van der Waals surface area contributed by atoms with Gasteiger partial charge in [-0.05, 0) is 52.8 Å². The van der Waals surface area contributed by atoms with Gasteiger partial charge >= 0.3 is 6.09 Å². The topological polar surface area (TPSA) is 87.6 Å². The number of hydrogen-bond acceptors (Lipinski definition) is 7. The van der Waals surface area contributed by atoms with Gasteiger partial charge in [0.1, 0.15) is 17.4 Å². The quantitative estimate of drug-likeness (QED) is 0.554. The Labute approximate surface area is 169 Å². The summed E-state index contributed by atoms with van der Waals surface area (Å²) in [4.78, 5) is 12.0. The Hall–Kier alpha value is -1.00. The van der Waals surface area contributed by atoms with E-state index in [-0.39, 0.29) is 5.04 Å². The third-order valence-corrected chi connectivity index (χ3v) is 9.56. The summed E-state index contributed by atoms with van der Waals surface area (Å²) in [7, 11) is -1.97. The van der Waals surface area contributed by atoms with Crippen molar-refractivity contribution < 1.29 is 28.2 Å². The molecule has 0 bridgehead atoms. The smallest absolute Gasteiger partial charge is 0.428 e. The molecule has 0 aromatic rings. The van der Waals surface area contributed by atoms with Crippen LogP contribution in [0.1, 0.15) is 55.4 Å². The first-order chi connectivity index (χ1) is 12.5. The average Bonchev–Trinajstić information content (AvgIpc) is 2.91. The number of amides is 1. The third-order valence-electron chi connectivity index (χ3n) is 5.05. The Kier molecular flexibility index (Phi) is 6.38. The van der Waals surface area contributed by atoms with E-state index < -0.39 is 44.3 Å². The lowest BCUT2D eigenvalue weighted by Crippen LogP contribution is -2.44. The second kappa shape index (κ2) is 7.68. The first-order valence-electron chi connectivity index (χ1n) is 9.72. The maximum absolute atomic E-state index is 12.0. The molecule has 2 aliphatic rings. The van der Waals surface area contributed by atoms with Crippen molar-refractivity contribution in [3.63, 3.8) is 0 Å². The van der Waals surface area contributed by atoms with E-state index in [0.29, 0.717) is 12.3 Å². The van der Waals surface area contributed by atoms with E-state index in [4.69, 9.17) is 23.4 Å². The van der Waals surface area contributed by atoms with Crippen LogP contribution in [0, 0.1) is 0 Å². The molecule has 0 spiro atoms. The first-order valence-corrected chi connectivity index (χ1v) is 12.6. The molecule has 0 saturated carbocycles. The second-order valence-corrected chi connectivity index (χ2v) is 15.1. The molecule has 0 aromatic heterocycles. The van der Waals surface area contributed by atoms with Gasteiger partial charge in [-0.2, -0.15) is 5.10 Å². The van der Waals surface area contributed by atoms with Gasteiger partial charge in [0.15, 0.2) is 26.5 Å². The van der Waals surface area contributed by atoms with Crippen molar-refractivity contribution in [2.45, 2.75) is 103 Å². The van der Waals surface area contributed by atoms with E-state index in [1.54, 1.807) is 20.8 Å². The minimum atomic E-state index is -1.97. The normalized spacial score (nSPS) is 29.1. The molecule has 0 aliphatic carbocycles. The van der Waals surface area contributed by atoms with Gasteiger partial charge in [-0.1, -0.05) is 20.8 Å². The van der Waals surface area contributed by atoms with Crippen molar-refractivity contribution in [2.24, 2.45) is 5.10 Å². The van der Waals surface area contributed by atoms with Crippen LogP contribution >= 0.6 is 0 Å². The Morgan fingerprint density at radius 3 is 2.32 bits per heavy atom. The summed E-state index contributed by atoms with van der Waals surface area (Å²) in [5.74, 6) is -0.784. The summed E-state index contributed by atoms with van der Waals surface area (Å²) >= 11 is 0. The van der Waals surface area contributed by atoms with Gasteiger partial charge < -0.3 is 23.4 Å². The highest BCUT2D eigenvalue weighted by atomic mass is 28.4. The highest BCUT2D eigenvalue weighted by Gasteiger charge is 2.53. The van der Waals surface area contributed by atoms with Gasteiger partial charge in [-0.25, -0.2) is 10.2 Å². The van der Waals surface area contributed by atoms with Gasteiger partial charge in [0.25, 0.3) is 0 Å². The predicted octanol–water partition coefficient (Wildman–Crippen LogP) is 3.77. The summed E-state index contributed by atoms with van der Waals surface area (Å²) in [6.45, 7) is 20.2. The predicted molar refractivity (Wildman–Crippen MR) is 109 cm³/mol. The summed E-state index contributed by atoms with van der Waals surface area (Å²) in [5.41, 5.74) is 2.38. The lowest BCUT2D eigenvalue weighted by molar-refractivity contribution is -0.198. The molecule has 2 rings (SSSR count). The molecule has 2 saturated heterocycles. The van der Waals surface area contributed by atoms with Gasteiger partial charge in [0, 0.05) is 0 Å². The van der Waals surface area contributed by atoms with Crippen molar-refractivity contribution in [1.82, 2.24) is 5.43 Å². The number of ether oxygens (including phenoxy) is 4. The van der Waals surface area contributed by atoms with Crippen LogP contribution in [0.15, 0.2) is 5.10 Å². The van der Waals surface area contributed by atoms with Gasteiger partial charge in [-0.15, -0.1) is 0 Å². The molecule has 0 radical (unpaired) electrons. The lowest BCUT2D eigenvalue weighted by Gasteiger charge is -2.37. The SMILES string of the molecule is CC(C)(C)OC(=O)N/N=C1/[C@H]2OC(C)(C)OC2O[C@@H]1CO[Si](C)(C)C(C)(C)C. The van der Waals surface area contributed by atoms with E-state index in [1.165, 1.54) is 0 Å². The number of carbonyl (C=O) groups is 1. The Balaban J connectivity index is 2.13. The zero-order valence-electron chi connectivity index (χ0n) is 18.8. The molecule has 1 amide bonds. The van der Waals surface area contributed by atoms with E-state index >= 15 is 0 Å². The van der Waals surface area contributed by atoms with Crippen LogP contribution < -0.4 is 5.43 Å². The fraction of sp³-hybridized carbons (Fsp3) is 0.895. The molecule has 1 N–H and O–H groups in total. The molecular formula is C19H36N2O6Si. The fourth-order valence-corrected chi connectivity index (χ4v) is 3.62. The molecule has 28 heavy (non-hydrogen) atoms. The first kappa shape index (κ1) is 23.3. The van der Waals surface area contributed by atoms with Crippen molar-refractivity contribution in [1.29, 1.82) is 0 Å². The van der Waals surface area contributed by atoms with Gasteiger partial charge in [-0.3, -0.25) is 0 Å². The van der Waals surface area contributed by atoms with Crippen LogP contribution in [0.3, 0.4) is 0 Å². The minimum Gasteiger partial charge on any atom is -0.443 e. The molecule has 9 heteroatoms. The number of fused-ring (bicyclic) bond motifs is 1. The molecule has 1 unspecified atom stereocenters. The zero-order chi connectivity index (χ0) is 21.5. The monoisotopic (exact) mass is 416 g/mol. The molecule has 2 fully saturated rings. The molecule has 162 valence electrons. The number of carbonyl (C=O) groups excluding carboxylic acids is 1. The third kappa shape index (κ3) is 5.76. The van der Waals surface area contributed by atoms with Gasteiger partial charge in [0.05, 0.1) is 6.61 Å². The Bertz CT molecular complexity index is 621. The van der Waals surface area contributed by atoms with Crippen LogP contribution in [0.5, 0.6) is 0 Å². The molecule has 2 aliphatic heterocycles. The average molecular weight is 417 g/mol. The van der Waals surface area contributed by atoms with Crippen molar-refractivity contribution in [3.05, 3.63) is 0 Å². The van der Waals surface area contributed by atoms with Crippen molar-refractivity contribution >= 4 is 20.1 Å². The molecule has 3 atom stereocenters. The van der Waals surface area contributed by atoms with Crippen LogP contribution in [-0.4, -0.2) is 56.6 Å². The summed E-state index contributed by atoms with van der Waals surface area (Å²) < 4.78 is 29.3. The lowest BCUT2D eigenvalue weighted by atomic mass is 10.1. The maximum atomic E-state index is 12.0. The number of rotatable bonds is 4. The standard InChI is InChI=1S/C19H36N2O6Si/c1-17(2,3)27-16(22)21-20-13-12(11-23-28(9,10)18(4,5)6)24-15-14(13)25-19(7,8)26-15/h12,14-15H,11H2,1-10H3,(H,21,22)/b20-13+/t12-,14-,15?/m1/s1. The number of nitrogens with one attached hydrogen (secondary N) is 1. The largest absolute Gasteiger partial charge is 0.443 e. The summed E-state index contributed by atoms with van der Waals surface area (Å²) in [6.07, 6.45) is -2.18. The van der Waals surface area contributed by atoms with E-state index in [0.717, 1.165) is 0 Å². The Morgan fingerprint density at radius 2 is 1.79 bits per heavy atom. The Morgan fingerprint density at radius 1 is 1.18 bits per heavy atom. The highest BCUT2D eigenvalue weighted by Crippen LogP contribution is 2.39. The molecule has 2 heterocycles. The number of hydrogen-bond donors (Lipinski definition) is 1. The fourth-order valence-electron chi connectivity index (χ4n) is 2.62. The number of nitrogens with zero attached hydrogens (tertiary/aromatic N) is 1. The maximum Gasteiger partial charge on any atom is 0.428 e. The van der Waals surface area contributed by atoms with E-state index in [2.05, 4.69) is 44.4 Å². The number of hydrazone groups is 1. The van der Waals surface area contributed by atoms with Crippen LogP contribution in [0.25, 0.3) is 0 Å². The summed E-state index contributed by atoms with van der Waals surface area (Å²) in [6, 6.07) is 0. The minimum absolute atomic E-state index is 0.0720. The van der Waals surface area contributed by atoms with E-state index in [9.17, 15) is 4.79 Å². The van der Waals surface area contributed by atoms with Crippen molar-refractivity contribution in [3.8, 4) is 0 Å². The van der Waals surface area contributed by atoms with Crippen molar-refractivity contribution in [2.75, 3.05) is 6.61 Å². The van der Waals surface area contributed by atoms with Crippen LogP contribution in [0.4, 0.5) is 4.79 Å². The summed E-state index contributed by atoms with van der Waals surface area (Å²) in [5, 5.41) is 4.33.